The van der Waals surface area contributed by atoms with Crippen LogP contribution < -0.4 is 10.5 Å². The Bertz CT molecular complexity index is 493. The number of methoxy groups -OCH3 is 1. The van der Waals surface area contributed by atoms with Crippen molar-refractivity contribution >= 4 is 5.91 Å². The van der Waals surface area contributed by atoms with Crippen LogP contribution >= 0.6 is 0 Å². The molecule has 5 heteroatoms. The van der Waals surface area contributed by atoms with Crippen molar-refractivity contribution in [2.45, 2.75) is 37.8 Å². The highest BCUT2D eigenvalue weighted by molar-refractivity contribution is 5.94. The minimum Gasteiger partial charge on any atom is -0.494 e. The number of likely N-dealkylation sites (N-methyl/N-ethyl adjacent to an activating group) is 1. The summed E-state index contributed by atoms with van der Waals surface area (Å²) in [4.78, 5) is 14.1. The third-order valence-corrected chi connectivity index (χ3v) is 4.00. The maximum absolute atomic E-state index is 13.4. The lowest BCUT2D eigenvalue weighted by Gasteiger charge is -2.36. The molecule has 0 saturated heterocycles. The zero-order chi connectivity index (χ0) is 14.7. The molecule has 2 N–H and O–H groups in total. The number of benzene rings is 1. The molecule has 0 aliphatic heterocycles. The van der Waals surface area contributed by atoms with Crippen LogP contribution in [0.15, 0.2) is 18.2 Å². The van der Waals surface area contributed by atoms with Crippen molar-refractivity contribution < 1.29 is 13.9 Å². The number of hydrogen-bond acceptors (Lipinski definition) is 3. The van der Waals surface area contributed by atoms with E-state index in [0.717, 1.165) is 25.7 Å². The molecule has 0 radical (unpaired) electrons. The Labute approximate surface area is 118 Å². The predicted octanol–water partition coefficient (Wildman–Crippen LogP) is 2.18. The standard InChI is InChI=1S/C15H21FN2O2/c1-18(13-6-4-3-5-12(13)17)15(19)10-7-8-11(16)14(9-10)20-2/h7-9,12-13H,3-6,17H2,1-2H3. The Morgan fingerprint density at radius 3 is 2.75 bits per heavy atom. The summed E-state index contributed by atoms with van der Waals surface area (Å²) in [6.45, 7) is 0. The molecule has 2 atom stereocenters. The molecule has 1 aromatic rings. The molecule has 0 spiro atoms. The molecule has 2 unspecified atom stereocenters. The lowest BCUT2D eigenvalue weighted by molar-refractivity contribution is 0.0671. The van der Waals surface area contributed by atoms with E-state index in [2.05, 4.69) is 0 Å². The van der Waals surface area contributed by atoms with Crippen LogP contribution in [-0.4, -0.2) is 37.0 Å². The smallest absolute Gasteiger partial charge is 0.254 e. The summed E-state index contributed by atoms with van der Waals surface area (Å²) in [5.74, 6) is -0.538. The van der Waals surface area contributed by atoms with Gasteiger partial charge in [0.25, 0.3) is 5.91 Å². The Hall–Kier alpha value is -1.62. The molecule has 0 bridgehead atoms. The highest BCUT2D eigenvalue weighted by atomic mass is 19.1. The fourth-order valence-corrected chi connectivity index (χ4v) is 2.77. The number of rotatable bonds is 3. The molecule has 1 saturated carbocycles. The molecular formula is C15H21FN2O2. The van der Waals surface area contributed by atoms with Gasteiger partial charge in [-0.15, -0.1) is 0 Å². The first-order chi connectivity index (χ1) is 9.54. The number of nitrogens with zero attached hydrogens (tertiary/aromatic N) is 1. The Kier molecular flexibility index (Phi) is 4.60. The molecule has 1 aliphatic carbocycles. The average molecular weight is 280 g/mol. The van der Waals surface area contributed by atoms with Crippen molar-refractivity contribution in [3.05, 3.63) is 29.6 Å². The van der Waals surface area contributed by atoms with Crippen molar-refractivity contribution in [2.75, 3.05) is 14.2 Å². The number of amides is 1. The van der Waals surface area contributed by atoms with Gasteiger partial charge < -0.3 is 15.4 Å². The third-order valence-electron chi connectivity index (χ3n) is 4.00. The second-order valence-corrected chi connectivity index (χ2v) is 5.28. The maximum atomic E-state index is 13.4. The number of carbonyl (C=O) groups is 1. The number of ether oxygens (including phenoxy) is 1. The zero-order valence-corrected chi connectivity index (χ0v) is 11.9. The normalized spacial score (nSPS) is 22.4. The van der Waals surface area contributed by atoms with Crippen LogP contribution in [-0.2, 0) is 0 Å². The molecule has 1 aliphatic rings. The first-order valence-corrected chi connectivity index (χ1v) is 6.91. The van der Waals surface area contributed by atoms with Gasteiger partial charge in [-0.1, -0.05) is 12.8 Å². The first kappa shape index (κ1) is 14.8. The highest BCUT2D eigenvalue weighted by Crippen LogP contribution is 2.24. The van der Waals surface area contributed by atoms with E-state index in [-0.39, 0.29) is 23.7 Å². The summed E-state index contributed by atoms with van der Waals surface area (Å²) in [7, 11) is 3.14. The van der Waals surface area contributed by atoms with Crippen molar-refractivity contribution in [1.82, 2.24) is 4.90 Å². The van der Waals surface area contributed by atoms with Crippen LogP contribution in [0.2, 0.25) is 0 Å². The molecule has 1 amide bonds. The number of hydrogen-bond donors (Lipinski definition) is 1. The largest absolute Gasteiger partial charge is 0.494 e. The highest BCUT2D eigenvalue weighted by Gasteiger charge is 2.29. The summed E-state index contributed by atoms with van der Waals surface area (Å²) in [6.07, 6.45) is 4.06. The Morgan fingerprint density at radius 1 is 1.40 bits per heavy atom. The topological polar surface area (TPSA) is 55.6 Å². The summed E-state index contributed by atoms with van der Waals surface area (Å²) in [6, 6.07) is 4.22. The van der Waals surface area contributed by atoms with Crippen LogP contribution in [0.4, 0.5) is 4.39 Å². The zero-order valence-electron chi connectivity index (χ0n) is 11.9. The van der Waals surface area contributed by atoms with Gasteiger partial charge in [0.15, 0.2) is 11.6 Å². The molecule has 110 valence electrons. The van der Waals surface area contributed by atoms with Gasteiger partial charge in [-0.05, 0) is 31.0 Å². The van der Waals surface area contributed by atoms with Crippen LogP contribution in [0.5, 0.6) is 5.75 Å². The first-order valence-electron chi connectivity index (χ1n) is 6.91. The van der Waals surface area contributed by atoms with Gasteiger partial charge in [0.2, 0.25) is 0 Å². The fraction of sp³-hybridized carbons (Fsp3) is 0.533. The molecule has 1 fully saturated rings. The van der Waals surface area contributed by atoms with Crippen molar-refractivity contribution in [2.24, 2.45) is 5.73 Å². The van der Waals surface area contributed by atoms with Gasteiger partial charge in [-0.3, -0.25) is 4.79 Å². The maximum Gasteiger partial charge on any atom is 0.254 e. The average Bonchev–Trinajstić information content (AvgIpc) is 2.47. The molecule has 2 rings (SSSR count). The fourth-order valence-electron chi connectivity index (χ4n) is 2.77. The minimum absolute atomic E-state index is 0.0139. The summed E-state index contributed by atoms with van der Waals surface area (Å²) < 4.78 is 18.3. The van der Waals surface area contributed by atoms with E-state index in [1.54, 1.807) is 11.9 Å². The van der Waals surface area contributed by atoms with E-state index in [0.29, 0.717) is 5.56 Å². The second kappa shape index (κ2) is 6.22. The van der Waals surface area contributed by atoms with Gasteiger partial charge in [0, 0.05) is 24.7 Å². The summed E-state index contributed by atoms with van der Waals surface area (Å²) in [5, 5.41) is 0. The lowest BCUT2D eigenvalue weighted by atomic mass is 9.90. The van der Waals surface area contributed by atoms with Gasteiger partial charge in [0.1, 0.15) is 0 Å². The molecule has 4 nitrogen and oxygen atoms in total. The van der Waals surface area contributed by atoms with E-state index < -0.39 is 5.82 Å². The minimum atomic E-state index is -0.471. The molecule has 0 aromatic heterocycles. The van der Waals surface area contributed by atoms with Crippen molar-refractivity contribution in [1.29, 1.82) is 0 Å². The SMILES string of the molecule is COc1cc(C(=O)N(C)C2CCCCC2N)ccc1F. The van der Waals surface area contributed by atoms with E-state index in [1.807, 2.05) is 0 Å². The van der Waals surface area contributed by atoms with Gasteiger partial charge >= 0.3 is 0 Å². The molecule has 0 heterocycles. The Balaban J connectivity index is 2.17. The number of carbonyl (C=O) groups excluding carboxylic acids is 1. The monoisotopic (exact) mass is 280 g/mol. The van der Waals surface area contributed by atoms with Gasteiger partial charge in [-0.2, -0.15) is 0 Å². The van der Waals surface area contributed by atoms with Crippen LogP contribution in [0.25, 0.3) is 0 Å². The van der Waals surface area contributed by atoms with Gasteiger partial charge in [-0.25, -0.2) is 4.39 Å². The number of nitrogens with two attached hydrogens (primary N) is 1. The van der Waals surface area contributed by atoms with Crippen LogP contribution in [0.3, 0.4) is 0 Å². The van der Waals surface area contributed by atoms with Gasteiger partial charge in [0.05, 0.1) is 7.11 Å². The molecule has 1 aromatic carbocycles. The second-order valence-electron chi connectivity index (χ2n) is 5.28. The van der Waals surface area contributed by atoms with Crippen molar-refractivity contribution in [3.8, 4) is 5.75 Å². The van der Waals surface area contributed by atoms with Crippen molar-refractivity contribution in [3.63, 3.8) is 0 Å². The Morgan fingerprint density at radius 2 is 2.10 bits per heavy atom. The molecule has 20 heavy (non-hydrogen) atoms. The van der Waals surface area contributed by atoms with Crippen LogP contribution in [0, 0.1) is 5.82 Å². The van der Waals surface area contributed by atoms with E-state index >= 15 is 0 Å². The van der Waals surface area contributed by atoms with E-state index in [9.17, 15) is 9.18 Å². The summed E-state index contributed by atoms with van der Waals surface area (Å²) >= 11 is 0. The lowest BCUT2D eigenvalue weighted by Crippen LogP contribution is -2.50. The van der Waals surface area contributed by atoms with E-state index in [1.165, 1.54) is 25.3 Å². The predicted molar refractivity (Wildman–Crippen MR) is 75.3 cm³/mol. The molecular weight excluding hydrogens is 259 g/mol. The van der Waals surface area contributed by atoms with E-state index in [4.69, 9.17) is 10.5 Å². The summed E-state index contributed by atoms with van der Waals surface area (Å²) in [5.41, 5.74) is 6.52. The quantitative estimate of drug-likeness (QED) is 0.923. The third kappa shape index (κ3) is 2.93. The van der Waals surface area contributed by atoms with Crippen LogP contribution in [0.1, 0.15) is 36.0 Å². The number of halogens is 1.